The highest BCUT2D eigenvalue weighted by molar-refractivity contribution is 6.06. The van der Waals surface area contributed by atoms with Gasteiger partial charge in [-0.3, -0.25) is 19.5 Å². The molecule has 3 N–H and O–H groups in total. The predicted octanol–water partition coefficient (Wildman–Crippen LogP) is 1.29. The van der Waals surface area contributed by atoms with Gasteiger partial charge in [0.15, 0.2) is 5.96 Å². The Morgan fingerprint density at radius 3 is 2.29 bits per heavy atom. The number of imide groups is 1. The van der Waals surface area contributed by atoms with Gasteiger partial charge in [-0.15, -0.1) is 0 Å². The quantitative estimate of drug-likeness (QED) is 0.181. The Kier molecular flexibility index (Phi) is 6.43. The van der Waals surface area contributed by atoms with Crippen molar-refractivity contribution in [1.29, 1.82) is 0 Å². The lowest BCUT2D eigenvalue weighted by Gasteiger charge is -2.23. The van der Waals surface area contributed by atoms with E-state index in [4.69, 9.17) is 0 Å². The van der Waals surface area contributed by atoms with E-state index in [9.17, 15) is 14.7 Å². The van der Waals surface area contributed by atoms with Crippen molar-refractivity contribution in [2.75, 3.05) is 26.2 Å². The van der Waals surface area contributed by atoms with E-state index in [0.717, 1.165) is 13.0 Å². The number of hydrogen-bond donors (Lipinski definition) is 3. The number of fused-ring (bicyclic) bond motifs is 5. The molecule has 4 unspecified atom stereocenters. The Bertz CT molecular complexity index is 626. The summed E-state index contributed by atoms with van der Waals surface area (Å²) >= 11 is 0. The van der Waals surface area contributed by atoms with E-state index in [1.54, 1.807) is 0 Å². The zero-order chi connectivity index (χ0) is 20.3. The zero-order valence-electron chi connectivity index (χ0n) is 17.3. The van der Waals surface area contributed by atoms with Crippen LogP contribution < -0.4 is 10.6 Å². The highest BCUT2D eigenvalue weighted by Gasteiger charge is 2.58. The van der Waals surface area contributed by atoms with E-state index >= 15 is 0 Å². The Labute approximate surface area is 167 Å². The number of nitrogens with one attached hydrogen (secondary N) is 2. The van der Waals surface area contributed by atoms with Crippen molar-refractivity contribution in [1.82, 2.24) is 15.5 Å². The molecule has 2 amide bonds. The number of rotatable bonds is 9. The number of aliphatic hydroxyl groups is 1. The van der Waals surface area contributed by atoms with E-state index < -0.39 is 5.60 Å². The number of carbonyl (C=O) groups is 2. The topological polar surface area (TPSA) is 94.0 Å². The molecule has 2 fully saturated rings. The minimum atomic E-state index is -0.776. The second-order valence-corrected chi connectivity index (χ2v) is 8.23. The summed E-state index contributed by atoms with van der Waals surface area (Å²) in [6.45, 7) is 8.04. The molecule has 7 nitrogen and oxygen atoms in total. The molecular weight excluding hydrogens is 356 g/mol. The molecule has 2 bridgehead atoms. The monoisotopic (exact) mass is 390 g/mol. The van der Waals surface area contributed by atoms with Gasteiger partial charge in [-0.05, 0) is 44.4 Å². The van der Waals surface area contributed by atoms with Crippen LogP contribution in [0.3, 0.4) is 0 Å². The van der Waals surface area contributed by atoms with E-state index in [1.165, 1.54) is 4.90 Å². The van der Waals surface area contributed by atoms with Gasteiger partial charge in [-0.25, -0.2) is 0 Å². The molecule has 1 aliphatic heterocycles. The molecule has 1 saturated heterocycles. The number of likely N-dealkylation sites (tertiary alicyclic amines) is 1. The number of guanidine groups is 1. The highest BCUT2D eigenvalue weighted by Crippen LogP contribution is 2.52. The van der Waals surface area contributed by atoms with Gasteiger partial charge in [-0.1, -0.05) is 26.0 Å². The maximum absolute atomic E-state index is 12.7. The van der Waals surface area contributed by atoms with Crippen molar-refractivity contribution in [3.8, 4) is 0 Å². The molecule has 28 heavy (non-hydrogen) atoms. The van der Waals surface area contributed by atoms with Gasteiger partial charge in [0.2, 0.25) is 11.8 Å². The lowest BCUT2D eigenvalue weighted by molar-refractivity contribution is -0.140. The molecule has 1 saturated carbocycles. The van der Waals surface area contributed by atoms with Crippen molar-refractivity contribution in [2.45, 2.75) is 52.1 Å². The van der Waals surface area contributed by atoms with Crippen LogP contribution in [0, 0.1) is 23.7 Å². The van der Waals surface area contributed by atoms with Crippen LogP contribution in [0.1, 0.15) is 46.5 Å². The fourth-order valence-corrected chi connectivity index (χ4v) is 4.67. The second kappa shape index (κ2) is 8.64. The largest absolute Gasteiger partial charge is 0.388 e. The molecule has 1 heterocycles. The number of carbonyl (C=O) groups excluding carboxylic acids is 2. The molecule has 0 spiro atoms. The molecule has 7 heteroatoms. The van der Waals surface area contributed by atoms with Crippen LogP contribution in [0.15, 0.2) is 17.1 Å². The number of allylic oxidation sites excluding steroid dienone is 2. The van der Waals surface area contributed by atoms with Crippen LogP contribution >= 0.6 is 0 Å². The van der Waals surface area contributed by atoms with Gasteiger partial charge >= 0.3 is 0 Å². The number of nitrogens with zero attached hydrogens (tertiary/aromatic N) is 2. The first-order valence-electron chi connectivity index (χ1n) is 10.7. The van der Waals surface area contributed by atoms with E-state index in [1.807, 2.05) is 20.8 Å². The summed E-state index contributed by atoms with van der Waals surface area (Å²) < 4.78 is 0. The molecule has 0 aromatic heterocycles. The minimum absolute atomic E-state index is 0.0170. The predicted molar refractivity (Wildman–Crippen MR) is 109 cm³/mol. The summed E-state index contributed by atoms with van der Waals surface area (Å²) in [4.78, 5) is 31.3. The summed E-state index contributed by atoms with van der Waals surface area (Å²) in [5.74, 6) is 0.980. The van der Waals surface area contributed by atoms with Crippen molar-refractivity contribution >= 4 is 17.8 Å². The first kappa shape index (κ1) is 20.8. The van der Waals surface area contributed by atoms with Crippen LogP contribution in [-0.2, 0) is 9.59 Å². The SMILES string of the molecule is CCNC(=NCC(O)(CC)CC)NCCCN1C(=O)C2C3C=CC(C3)C2C1=O. The Morgan fingerprint density at radius 1 is 1.14 bits per heavy atom. The fourth-order valence-electron chi connectivity index (χ4n) is 4.67. The van der Waals surface area contributed by atoms with Crippen LogP contribution in [0.5, 0.6) is 0 Å². The third kappa shape index (κ3) is 3.95. The second-order valence-electron chi connectivity index (χ2n) is 8.23. The van der Waals surface area contributed by atoms with E-state index in [0.29, 0.717) is 44.9 Å². The Hall–Kier alpha value is -1.89. The fraction of sp³-hybridized carbons (Fsp3) is 0.762. The average Bonchev–Trinajstić information content (AvgIpc) is 3.38. The van der Waals surface area contributed by atoms with Crippen molar-refractivity contribution < 1.29 is 14.7 Å². The van der Waals surface area contributed by atoms with Crippen LogP contribution in [0.25, 0.3) is 0 Å². The normalized spacial score (nSPS) is 29.0. The minimum Gasteiger partial charge on any atom is -0.388 e. The summed E-state index contributed by atoms with van der Waals surface area (Å²) in [7, 11) is 0. The van der Waals surface area contributed by atoms with Crippen molar-refractivity contribution in [2.24, 2.45) is 28.7 Å². The van der Waals surface area contributed by atoms with Gasteiger partial charge in [-0.2, -0.15) is 0 Å². The van der Waals surface area contributed by atoms with Gasteiger partial charge in [0.1, 0.15) is 0 Å². The molecule has 0 aromatic carbocycles. The standard InChI is InChI=1S/C21H34N4O3/c1-4-21(28,5-2)13-24-20(22-6-3)23-10-7-11-25-18(26)16-14-8-9-15(12-14)17(16)19(25)27/h8-9,14-17,28H,4-7,10-13H2,1-3H3,(H2,22,23,24). The van der Waals surface area contributed by atoms with Gasteiger partial charge in [0, 0.05) is 19.6 Å². The summed E-state index contributed by atoms with van der Waals surface area (Å²) in [6, 6.07) is 0. The lowest BCUT2D eigenvalue weighted by Crippen LogP contribution is -2.41. The molecular formula is C21H34N4O3. The molecule has 3 aliphatic rings. The van der Waals surface area contributed by atoms with Crippen molar-refractivity contribution in [3.05, 3.63) is 12.2 Å². The number of amides is 2. The highest BCUT2D eigenvalue weighted by atomic mass is 16.3. The summed E-state index contributed by atoms with van der Waals surface area (Å²) in [5.41, 5.74) is -0.776. The maximum atomic E-state index is 12.7. The maximum Gasteiger partial charge on any atom is 0.233 e. The number of aliphatic imine (C=N–C) groups is 1. The molecule has 4 atom stereocenters. The van der Waals surface area contributed by atoms with E-state index in [2.05, 4.69) is 27.8 Å². The smallest absolute Gasteiger partial charge is 0.233 e. The first-order chi connectivity index (χ1) is 13.4. The summed E-state index contributed by atoms with van der Waals surface area (Å²) in [5, 5.41) is 16.8. The van der Waals surface area contributed by atoms with E-state index in [-0.39, 0.29) is 35.5 Å². The average molecular weight is 391 g/mol. The molecule has 0 radical (unpaired) electrons. The van der Waals surface area contributed by atoms with Crippen LogP contribution in [-0.4, -0.2) is 59.6 Å². The molecule has 2 aliphatic carbocycles. The molecule has 3 rings (SSSR count). The lowest BCUT2D eigenvalue weighted by atomic mass is 9.85. The Balaban J connectivity index is 1.48. The van der Waals surface area contributed by atoms with Gasteiger partial charge < -0.3 is 15.7 Å². The third-order valence-electron chi connectivity index (χ3n) is 6.60. The van der Waals surface area contributed by atoms with Gasteiger partial charge in [0.05, 0.1) is 24.0 Å². The summed E-state index contributed by atoms with van der Waals surface area (Å²) in [6.07, 6.45) is 7.20. The van der Waals surface area contributed by atoms with Gasteiger partial charge in [0.25, 0.3) is 0 Å². The number of hydrogen-bond acceptors (Lipinski definition) is 4. The Morgan fingerprint density at radius 2 is 1.75 bits per heavy atom. The molecule has 156 valence electrons. The van der Waals surface area contributed by atoms with Crippen LogP contribution in [0.4, 0.5) is 0 Å². The first-order valence-corrected chi connectivity index (χ1v) is 10.7. The van der Waals surface area contributed by atoms with Crippen molar-refractivity contribution in [3.63, 3.8) is 0 Å². The third-order valence-corrected chi connectivity index (χ3v) is 6.60. The van der Waals surface area contributed by atoms with Crippen LogP contribution in [0.2, 0.25) is 0 Å². The zero-order valence-corrected chi connectivity index (χ0v) is 17.3. The molecule has 0 aromatic rings.